The van der Waals surface area contributed by atoms with Crippen molar-refractivity contribution in [3.05, 3.63) is 29.6 Å². The zero-order chi connectivity index (χ0) is 13.8. The molecule has 0 unspecified atom stereocenters. The van der Waals surface area contributed by atoms with Crippen LogP contribution in [0.25, 0.3) is 0 Å². The van der Waals surface area contributed by atoms with Crippen molar-refractivity contribution in [3.63, 3.8) is 0 Å². The van der Waals surface area contributed by atoms with E-state index in [0.29, 0.717) is 18.4 Å². The van der Waals surface area contributed by atoms with E-state index in [-0.39, 0.29) is 19.0 Å². The van der Waals surface area contributed by atoms with Crippen molar-refractivity contribution in [2.45, 2.75) is 25.2 Å². The van der Waals surface area contributed by atoms with E-state index in [9.17, 15) is 17.6 Å². The van der Waals surface area contributed by atoms with E-state index in [2.05, 4.69) is 4.74 Å². The summed E-state index contributed by atoms with van der Waals surface area (Å²) < 4.78 is 52.5. The topological polar surface area (TPSA) is 55.5 Å². The average Bonchev–Trinajstić information content (AvgIpc) is 2.27. The molecule has 0 spiro atoms. The van der Waals surface area contributed by atoms with Gasteiger partial charge >= 0.3 is 6.36 Å². The first kappa shape index (κ1) is 17.9. The van der Waals surface area contributed by atoms with E-state index in [4.69, 9.17) is 10.8 Å². The molecule has 0 aromatic heterocycles. The molecule has 19 heavy (non-hydrogen) atoms. The molecule has 0 radical (unpaired) electrons. The molecule has 1 rings (SSSR count). The highest BCUT2D eigenvalue weighted by atomic mass is 35.5. The highest BCUT2D eigenvalue weighted by Crippen LogP contribution is 2.28. The average molecular weight is 304 g/mol. The molecule has 0 aliphatic rings. The van der Waals surface area contributed by atoms with Crippen LogP contribution in [0.3, 0.4) is 0 Å². The van der Waals surface area contributed by atoms with Crippen molar-refractivity contribution < 1.29 is 27.4 Å². The smallest absolute Gasteiger partial charge is 0.403 e. The van der Waals surface area contributed by atoms with Gasteiger partial charge in [0.25, 0.3) is 0 Å². The Morgan fingerprint density at radius 3 is 2.42 bits per heavy atom. The molecule has 0 heterocycles. The number of hydrogen-bond acceptors (Lipinski definition) is 3. The lowest BCUT2D eigenvalue weighted by molar-refractivity contribution is -0.275. The van der Waals surface area contributed by atoms with Gasteiger partial charge in [0.1, 0.15) is 0 Å². The second-order valence-electron chi connectivity index (χ2n) is 3.71. The number of hydrogen-bond donors (Lipinski definition) is 2. The lowest BCUT2D eigenvalue weighted by Gasteiger charge is -2.14. The summed E-state index contributed by atoms with van der Waals surface area (Å²) >= 11 is 0. The summed E-state index contributed by atoms with van der Waals surface area (Å²) in [6, 6.07) is 2.53. The Labute approximate surface area is 113 Å². The van der Waals surface area contributed by atoms with E-state index < -0.39 is 24.0 Å². The molecule has 3 N–H and O–H groups in total. The van der Waals surface area contributed by atoms with Crippen LogP contribution >= 0.6 is 12.4 Å². The van der Waals surface area contributed by atoms with Crippen LogP contribution in [0.1, 0.15) is 24.4 Å². The first-order valence-electron chi connectivity index (χ1n) is 5.25. The maximum Gasteiger partial charge on any atom is 0.573 e. The van der Waals surface area contributed by atoms with Crippen LogP contribution in [0, 0.1) is 5.82 Å². The number of benzene rings is 1. The van der Waals surface area contributed by atoms with E-state index in [1.165, 1.54) is 6.07 Å². The van der Waals surface area contributed by atoms with Crippen LogP contribution in [-0.2, 0) is 0 Å². The molecular weight excluding hydrogens is 290 g/mol. The van der Waals surface area contributed by atoms with Gasteiger partial charge in [-0.2, -0.15) is 0 Å². The quantitative estimate of drug-likeness (QED) is 0.822. The largest absolute Gasteiger partial charge is 0.573 e. The SMILES string of the molecule is Cl.N[C@@H](CCCO)c1ccc(OC(F)(F)F)c(F)c1. The van der Waals surface area contributed by atoms with Crippen molar-refractivity contribution in [1.29, 1.82) is 0 Å². The fourth-order valence-electron chi connectivity index (χ4n) is 1.43. The number of rotatable bonds is 5. The van der Waals surface area contributed by atoms with Gasteiger partial charge in [0.15, 0.2) is 11.6 Å². The maximum atomic E-state index is 13.3. The predicted molar refractivity (Wildman–Crippen MR) is 63.6 cm³/mol. The minimum absolute atomic E-state index is 0. The van der Waals surface area contributed by atoms with Crippen molar-refractivity contribution in [3.8, 4) is 5.75 Å². The third-order valence-electron chi connectivity index (χ3n) is 2.28. The molecule has 3 nitrogen and oxygen atoms in total. The summed E-state index contributed by atoms with van der Waals surface area (Å²) in [5, 5.41) is 8.61. The molecule has 0 saturated carbocycles. The second-order valence-corrected chi connectivity index (χ2v) is 3.71. The molecular formula is C11H14ClF4NO2. The van der Waals surface area contributed by atoms with Gasteiger partial charge in [0.2, 0.25) is 0 Å². The third-order valence-corrected chi connectivity index (χ3v) is 2.28. The number of aliphatic hydroxyl groups excluding tert-OH is 1. The minimum Gasteiger partial charge on any atom is -0.403 e. The van der Waals surface area contributed by atoms with Gasteiger partial charge in [-0.05, 0) is 30.5 Å². The fraction of sp³-hybridized carbons (Fsp3) is 0.455. The number of alkyl halides is 3. The minimum atomic E-state index is -4.93. The monoisotopic (exact) mass is 303 g/mol. The van der Waals surface area contributed by atoms with Gasteiger partial charge in [0.05, 0.1) is 0 Å². The van der Waals surface area contributed by atoms with E-state index >= 15 is 0 Å². The van der Waals surface area contributed by atoms with Crippen LogP contribution in [0.2, 0.25) is 0 Å². The van der Waals surface area contributed by atoms with Crippen molar-refractivity contribution >= 4 is 12.4 Å². The van der Waals surface area contributed by atoms with Gasteiger partial charge < -0.3 is 15.6 Å². The van der Waals surface area contributed by atoms with Crippen molar-refractivity contribution in [2.24, 2.45) is 5.73 Å². The van der Waals surface area contributed by atoms with Gasteiger partial charge in [-0.25, -0.2) is 4.39 Å². The van der Waals surface area contributed by atoms with Crippen LogP contribution in [0.15, 0.2) is 18.2 Å². The van der Waals surface area contributed by atoms with Crippen LogP contribution < -0.4 is 10.5 Å². The maximum absolute atomic E-state index is 13.3. The molecule has 0 saturated heterocycles. The Hall–Kier alpha value is -1.05. The molecule has 0 bridgehead atoms. The van der Waals surface area contributed by atoms with Crippen LogP contribution in [-0.4, -0.2) is 18.1 Å². The Balaban J connectivity index is 0.00000324. The summed E-state index contributed by atoms with van der Waals surface area (Å²) in [5.41, 5.74) is 6.04. The zero-order valence-corrected chi connectivity index (χ0v) is 10.6. The Morgan fingerprint density at radius 1 is 1.32 bits per heavy atom. The first-order valence-corrected chi connectivity index (χ1v) is 5.25. The standard InChI is InChI=1S/C11H13F4NO2.ClH/c12-8-6-7(9(16)2-1-5-17)3-4-10(8)18-11(13,14)15;/h3-4,6,9,17H,1-2,5,16H2;1H/t9-;/m0./s1. The van der Waals surface area contributed by atoms with E-state index in [1.807, 2.05) is 0 Å². The summed E-state index contributed by atoms with van der Waals surface area (Å²) in [4.78, 5) is 0. The molecule has 0 aliphatic heterocycles. The third kappa shape index (κ3) is 6.09. The highest BCUT2D eigenvalue weighted by molar-refractivity contribution is 5.85. The number of halogens is 5. The number of aliphatic hydroxyl groups is 1. The summed E-state index contributed by atoms with van der Waals surface area (Å²) in [6.45, 7) is -0.0501. The predicted octanol–water partition coefficient (Wildman–Crippen LogP) is 2.92. The molecule has 0 fully saturated rings. The summed E-state index contributed by atoms with van der Waals surface area (Å²) in [6.07, 6.45) is -4.08. The lowest BCUT2D eigenvalue weighted by Crippen LogP contribution is -2.18. The molecule has 1 atom stereocenters. The molecule has 0 aliphatic carbocycles. The second kappa shape index (κ2) is 7.52. The van der Waals surface area contributed by atoms with Gasteiger partial charge in [-0.1, -0.05) is 6.07 Å². The normalized spacial score (nSPS) is 12.7. The summed E-state index contributed by atoms with van der Waals surface area (Å²) in [5.74, 6) is -2.01. The Morgan fingerprint density at radius 2 is 1.95 bits per heavy atom. The lowest BCUT2D eigenvalue weighted by atomic mass is 10.0. The first-order chi connectivity index (χ1) is 8.33. The number of ether oxygens (including phenoxy) is 1. The molecule has 0 amide bonds. The van der Waals surface area contributed by atoms with Gasteiger partial charge in [0, 0.05) is 12.6 Å². The molecule has 8 heteroatoms. The molecule has 110 valence electrons. The Kier molecular flexibility index (Phi) is 7.10. The Bertz CT molecular complexity index is 401. The van der Waals surface area contributed by atoms with Crippen molar-refractivity contribution in [1.82, 2.24) is 0 Å². The van der Waals surface area contributed by atoms with Crippen molar-refractivity contribution in [2.75, 3.05) is 6.61 Å². The van der Waals surface area contributed by atoms with Crippen LogP contribution in [0.4, 0.5) is 17.6 Å². The molecule has 1 aromatic rings. The zero-order valence-electron chi connectivity index (χ0n) is 9.78. The molecule has 1 aromatic carbocycles. The van der Waals surface area contributed by atoms with Crippen LogP contribution in [0.5, 0.6) is 5.75 Å². The fourth-order valence-corrected chi connectivity index (χ4v) is 1.43. The van der Waals surface area contributed by atoms with Gasteiger partial charge in [-0.3, -0.25) is 0 Å². The number of nitrogens with two attached hydrogens (primary N) is 1. The van der Waals surface area contributed by atoms with Gasteiger partial charge in [-0.15, -0.1) is 25.6 Å². The summed E-state index contributed by atoms with van der Waals surface area (Å²) in [7, 11) is 0. The highest BCUT2D eigenvalue weighted by Gasteiger charge is 2.32. The van der Waals surface area contributed by atoms with E-state index in [1.54, 1.807) is 0 Å². The van der Waals surface area contributed by atoms with E-state index in [0.717, 1.165) is 12.1 Å².